The van der Waals surface area contributed by atoms with Gasteiger partial charge in [0, 0.05) is 19.3 Å². The van der Waals surface area contributed by atoms with E-state index in [0.29, 0.717) is 0 Å². The first kappa shape index (κ1) is 11.1. The molecule has 0 heterocycles. The number of aliphatic hydroxyl groups is 1. The second kappa shape index (κ2) is 5.01. The van der Waals surface area contributed by atoms with Crippen molar-refractivity contribution in [2.75, 3.05) is 18.5 Å². The molecular weight excluding hydrogens is 174 g/mol. The number of hydrogen-bond donors (Lipinski definition) is 1. The maximum Gasteiger partial charge on any atom is 0.0761 e. The highest BCUT2D eigenvalue weighted by atomic mass is 16.3. The van der Waals surface area contributed by atoms with Crippen molar-refractivity contribution in [3.05, 3.63) is 29.8 Å². The Morgan fingerprint density at radius 3 is 2.29 bits per heavy atom. The van der Waals surface area contributed by atoms with Crippen molar-refractivity contribution in [1.29, 1.82) is 0 Å². The van der Waals surface area contributed by atoms with E-state index >= 15 is 0 Å². The molecule has 1 aromatic carbocycles. The quantitative estimate of drug-likeness (QED) is 0.794. The summed E-state index contributed by atoms with van der Waals surface area (Å²) in [5.41, 5.74) is 2.18. The summed E-state index contributed by atoms with van der Waals surface area (Å²) in [6.45, 7) is 5.01. The van der Waals surface area contributed by atoms with Crippen molar-refractivity contribution in [2.45, 2.75) is 26.4 Å². The van der Waals surface area contributed by atoms with Crippen molar-refractivity contribution in [3.63, 3.8) is 0 Å². The predicted octanol–water partition coefficient (Wildman–Crippen LogP) is 2.59. The van der Waals surface area contributed by atoms with Crippen LogP contribution in [0.2, 0.25) is 0 Å². The lowest BCUT2D eigenvalue weighted by molar-refractivity contribution is 0.199. The molecule has 0 spiro atoms. The molecule has 1 unspecified atom stereocenters. The number of hydrogen-bond acceptors (Lipinski definition) is 2. The summed E-state index contributed by atoms with van der Waals surface area (Å²) in [5.74, 6) is 0. The lowest BCUT2D eigenvalue weighted by atomic mass is 10.1. The molecule has 1 rings (SSSR count). The maximum absolute atomic E-state index is 9.34. The van der Waals surface area contributed by atoms with Crippen LogP contribution < -0.4 is 4.90 Å². The Morgan fingerprint density at radius 1 is 1.29 bits per heavy atom. The molecule has 14 heavy (non-hydrogen) atoms. The molecule has 0 bridgehead atoms. The van der Waals surface area contributed by atoms with Gasteiger partial charge < -0.3 is 10.0 Å². The largest absolute Gasteiger partial charge is 0.389 e. The average molecular weight is 193 g/mol. The second-order valence-corrected chi connectivity index (χ2v) is 3.69. The molecule has 1 aromatic rings. The van der Waals surface area contributed by atoms with Gasteiger partial charge in [-0.05, 0) is 31.0 Å². The van der Waals surface area contributed by atoms with Crippen LogP contribution in [0, 0.1) is 0 Å². The van der Waals surface area contributed by atoms with Crippen LogP contribution in [-0.2, 0) is 0 Å². The maximum atomic E-state index is 9.34. The van der Waals surface area contributed by atoms with Gasteiger partial charge in [-0.25, -0.2) is 0 Å². The summed E-state index contributed by atoms with van der Waals surface area (Å²) in [7, 11) is 2.08. The van der Waals surface area contributed by atoms with E-state index in [9.17, 15) is 5.11 Å². The summed E-state index contributed by atoms with van der Waals surface area (Å²) in [6, 6.07) is 8.06. The molecule has 0 aromatic heterocycles. The van der Waals surface area contributed by atoms with E-state index in [4.69, 9.17) is 0 Å². The van der Waals surface area contributed by atoms with Crippen LogP contribution in [0.25, 0.3) is 0 Å². The lowest BCUT2D eigenvalue weighted by Gasteiger charge is -2.18. The minimum absolute atomic E-state index is 0.375. The highest BCUT2D eigenvalue weighted by Gasteiger charge is 2.02. The van der Waals surface area contributed by atoms with Gasteiger partial charge in [-0.2, -0.15) is 0 Å². The molecule has 2 heteroatoms. The number of aliphatic hydroxyl groups excluding tert-OH is 1. The minimum Gasteiger partial charge on any atom is -0.389 e. The Morgan fingerprint density at radius 2 is 1.86 bits per heavy atom. The van der Waals surface area contributed by atoms with Crippen LogP contribution in [0.5, 0.6) is 0 Å². The van der Waals surface area contributed by atoms with E-state index in [1.54, 1.807) is 6.92 Å². The molecule has 0 radical (unpaired) electrons. The van der Waals surface area contributed by atoms with Gasteiger partial charge in [-0.1, -0.05) is 19.1 Å². The molecule has 1 atom stereocenters. The third-order valence-electron chi connectivity index (χ3n) is 2.38. The van der Waals surface area contributed by atoms with Gasteiger partial charge in [0.25, 0.3) is 0 Å². The summed E-state index contributed by atoms with van der Waals surface area (Å²) < 4.78 is 0. The summed E-state index contributed by atoms with van der Waals surface area (Å²) in [5, 5.41) is 9.34. The molecule has 0 aliphatic heterocycles. The van der Waals surface area contributed by atoms with Crippen LogP contribution in [0.15, 0.2) is 24.3 Å². The first-order valence-corrected chi connectivity index (χ1v) is 5.14. The minimum atomic E-state index is -0.375. The summed E-state index contributed by atoms with van der Waals surface area (Å²) in [4.78, 5) is 2.21. The van der Waals surface area contributed by atoms with Gasteiger partial charge in [-0.15, -0.1) is 0 Å². The molecule has 0 aliphatic rings. The molecule has 1 N–H and O–H groups in total. The van der Waals surface area contributed by atoms with Gasteiger partial charge in [0.1, 0.15) is 0 Å². The fraction of sp³-hybridized carbons (Fsp3) is 0.500. The Hall–Kier alpha value is -1.02. The van der Waals surface area contributed by atoms with Gasteiger partial charge in [0.05, 0.1) is 6.10 Å². The fourth-order valence-corrected chi connectivity index (χ4v) is 1.47. The van der Waals surface area contributed by atoms with Gasteiger partial charge in [-0.3, -0.25) is 0 Å². The first-order valence-electron chi connectivity index (χ1n) is 5.14. The molecule has 2 nitrogen and oxygen atoms in total. The molecule has 0 saturated heterocycles. The fourth-order valence-electron chi connectivity index (χ4n) is 1.47. The van der Waals surface area contributed by atoms with Crippen LogP contribution >= 0.6 is 0 Å². The first-order chi connectivity index (χ1) is 6.65. The van der Waals surface area contributed by atoms with E-state index in [0.717, 1.165) is 18.5 Å². The third kappa shape index (κ3) is 2.74. The lowest BCUT2D eigenvalue weighted by Crippen LogP contribution is -2.17. The molecule has 78 valence electrons. The van der Waals surface area contributed by atoms with Gasteiger partial charge >= 0.3 is 0 Å². The third-order valence-corrected chi connectivity index (χ3v) is 2.38. The topological polar surface area (TPSA) is 23.5 Å². The van der Waals surface area contributed by atoms with Crippen molar-refractivity contribution < 1.29 is 5.11 Å². The summed E-state index contributed by atoms with van der Waals surface area (Å²) in [6.07, 6.45) is 0.773. The Kier molecular flexibility index (Phi) is 3.96. The van der Waals surface area contributed by atoms with Gasteiger partial charge in [0.15, 0.2) is 0 Å². The van der Waals surface area contributed by atoms with Gasteiger partial charge in [0.2, 0.25) is 0 Å². The highest BCUT2D eigenvalue weighted by molar-refractivity contribution is 5.47. The Balaban J connectivity index is 2.72. The second-order valence-electron chi connectivity index (χ2n) is 3.69. The number of anilines is 1. The van der Waals surface area contributed by atoms with Crippen LogP contribution in [0.4, 0.5) is 5.69 Å². The monoisotopic (exact) mass is 193 g/mol. The Labute approximate surface area is 86.2 Å². The van der Waals surface area contributed by atoms with Crippen molar-refractivity contribution in [3.8, 4) is 0 Å². The van der Waals surface area contributed by atoms with E-state index < -0.39 is 0 Å². The predicted molar refractivity (Wildman–Crippen MR) is 60.6 cm³/mol. The zero-order chi connectivity index (χ0) is 10.6. The normalized spacial score (nSPS) is 12.6. The molecule has 0 amide bonds. The Bertz CT molecular complexity index is 266. The van der Waals surface area contributed by atoms with Crippen LogP contribution in [0.3, 0.4) is 0 Å². The standard InChI is InChI=1S/C12H19NO/c1-4-9-13(3)12-7-5-11(6-8-12)10(2)14/h5-8,10,14H,4,9H2,1-3H3. The van der Waals surface area contributed by atoms with E-state index in [-0.39, 0.29) is 6.10 Å². The average Bonchev–Trinajstić information content (AvgIpc) is 2.18. The van der Waals surface area contributed by atoms with Crippen LogP contribution in [-0.4, -0.2) is 18.7 Å². The number of rotatable bonds is 4. The van der Waals surface area contributed by atoms with E-state index in [2.05, 4.69) is 31.0 Å². The van der Waals surface area contributed by atoms with E-state index in [1.165, 1.54) is 5.69 Å². The van der Waals surface area contributed by atoms with Crippen molar-refractivity contribution >= 4 is 5.69 Å². The molecule has 0 aliphatic carbocycles. The molecule has 0 saturated carbocycles. The zero-order valence-corrected chi connectivity index (χ0v) is 9.20. The SMILES string of the molecule is CCCN(C)c1ccc(C(C)O)cc1. The van der Waals surface area contributed by atoms with Crippen molar-refractivity contribution in [2.24, 2.45) is 0 Å². The number of nitrogens with zero attached hydrogens (tertiary/aromatic N) is 1. The summed E-state index contributed by atoms with van der Waals surface area (Å²) >= 11 is 0. The van der Waals surface area contributed by atoms with E-state index in [1.807, 2.05) is 12.1 Å². The van der Waals surface area contributed by atoms with Crippen LogP contribution in [0.1, 0.15) is 31.9 Å². The molecule has 0 fully saturated rings. The smallest absolute Gasteiger partial charge is 0.0761 e. The number of benzene rings is 1. The molecular formula is C12H19NO. The highest BCUT2D eigenvalue weighted by Crippen LogP contribution is 2.18. The van der Waals surface area contributed by atoms with Crippen molar-refractivity contribution in [1.82, 2.24) is 0 Å². The zero-order valence-electron chi connectivity index (χ0n) is 9.20.